The lowest BCUT2D eigenvalue weighted by Crippen LogP contribution is -2.49. The minimum Gasteiger partial charge on any atom is -0.358 e. The fourth-order valence-electron chi connectivity index (χ4n) is 5.41. The normalized spacial score (nSPS) is 37.1. The summed E-state index contributed by atoms with van der Waals surface area (Å²) < 4.78 is 23.7. The van der Waals surface area contributed by atoms with Crippen molar-refractivity contribution in [3.63, 3.8) is 0 Å². The maximum atomic E-state index is 12.8. The quantitative estimate of drug-likeness (QED) is 0.187. The van der Waals surface area contributed by atoms with Gasteiger partial charge < -0.3 is 24.3 Å². The number of carbonyl (C=O) groups is 2. The minimum absolute atomic E-state index is 0.0185. The summed E-state index contributed by atoms with van der Waals surface area (Å²) in [5.74, 6) is 0.340. The van der Waals surface area contributed by atoms with Crippen molar-refractivity contribution < 1.29 is 28.5 Å². The first-order valence-corrected chi connectivity index (χ1v) is 13.2. The number of epoxide rings is 2. The lowest BCUT2D eigenvalue weighted by atomic mass is 9.81. The molecule has 1 spiro atoms. The number of fused-ring (bicyclic) bond motifs is 4. The van der Waals surface area contributed by atoms with Gasteiger partial charge in [0, 0.05) is 19.1 Å². The van der Waals surface area contributed by atoms with Crippen LogP contribution in [-0.4, -0.2) is 60.6 Å². The molecular formula is C27H41NO6. The Kier molecular flexibility index (Phi) is 8.28. The predicted octanol–water partition coefficient (Wildman–Crippen LogP) is 4.00. The average Bonchev–Trinajstić information content (AvgIpc) is 3.72. The van der Waals surface area contributed by atoms with Gasteiger partial charge in [-0.3, -0.25) is 9.59 Å². The van der Waals surface area contributed by atoms with E-state index in [9.17, 15) is 9.59 Å². The van der Waals surface area contributed by atoms with E-state index in [-0.39, 0.29) is 29.9 Å². The Morgan fingerprint density at radius 3 is 2.50 bits per heavy atom. The number of Topliss-reactive ketones (excluding diaryl/α,β-unsaturated/α-hetero) is 1. The molecule has 0 aromatic carbocycles. The van der Waals surface area contributed by atoms with Crippen LogP contribution in [0.3, 0.4) is 0 Å². The third-order valence-electron chi connectivity index (χ3n) is 7.38. The van der Waals surface area contributed by atoms with Crippen LogP contribution in [0.25, 0.3) is 0 Å². The molecule has 0 aromatic rings. The number of allylic oxidation sites excluding steroid dienone is 3. The molecule has 1 saturated carbocycles. The van der Waals surface area contributed by atoms with Gasteiger partial charge in [0.1, 0.15) is 30.0 Å². The monoisotopic (exact) mass is 475 g/mol. The van der Waals surface area contributed by atoms with E-state index in [4.69, 9.17) is 18.9 Å². The van der Waals surface area contributed by atoms with Gasteiger partial charge in [-0.2, -0.15) is 0 Å². The van der Waals surface area contributed by atoms with Gasteiger partial charge in [0.15, 0.2) is 12.1 Å². The Morgan fingerprint density at radius 2 is 1.82 bits per heavy atom. The van der Waals surface area contributed by atoms with Crippen molar-refractivity contribution in [1.29, 1.82) is 0 Å². The van der Waals surface area contributed by atoms with Gasteiger partial charge in [-0.25, -0.2) is 0 Å². The van der Waals surface area contributed by atoms with E-state index < -0.39 is 24.1 Å². The van der Waals surface area contributed by atoms with E-state index in [1.165, 1.54) is 32.1 Å². The van der Waals surface area contributed by atoms with Crippen molar-refractivity contribution >= 4 is 11.7 Å². The zero-order valence-corrected chi connectivity index (χ0v) is 21.1. The Morgan fingerprint density at radius 1 is 1.12 bits per heavy atom. The van der Waals surface area contributed by atoms with Crippen molar-refractivity contribution in [2.45, 2.75) is 121 Å². The highest BCUT2D eigenvalue weighted by Gasteiger charge is 2.79. The summed E-state index contributed by atoms with van der Waals surface area (Å²) >= 11 is 0. The molecule has 1 N–H and O–H groups in total. The van der Waals surface area contributed by atoms with Crippen LogP contribution in [0.2, 0.25) is 0 Å². The van der Waals surface area contributed by atoms with E-state index in [1.54, 1.807) is 6.08 Å². The zero-order valence-electron chi connectivity index (χ0n) is 21.1. The van der Waals surface area contributed by atoms with Crippen LogP contribution in [0.15, 0.2) is 23.8 Å². The number of hydrogen-bond donors (Lipinski definition) is 1. The molecular weight excluding hydrogens is 434 g/mol. The Hall–Kier alpha value is -1.54. The molecule has 7 nitrogen and oxygen atoms in total. The second-order valence-electron chi connectivity index (χ2n) is 10.4. The van der Waals surface area contributed by atoms with Gasteiger partial charge in [0.2, 0.25) is 5.91 Å². The molecule has 4 rings (SSSR count). The number of ketones is 1. The van der Waals surface area contributed by atoms with E-state index >= 15 is 0 Å². The SMILES string of the molecule is CCCCCCC(C)/C=C(C)/C=C/C(=O)NC1CC2(OC1OCCCC)C1OC1C(=O)C1OC12. The fourth-order valence-corrected chi connectivity index (χ4v) is 5.41. The van der Waals surface area contributed by atoms with Crippen LogP contribution in [0.4, 0.5) is 0 Å². The van der Waals surface area contributed by atoms with E-state index in [0.29, 0.717) is 18.9 Å². The summed E-state index contributed by atoms with van der Waals surface area (Å²) in [5, 5.41) is 3.07. The van der Waals surface area contributed by atoms with Crippen LogP contribution in [0.1, 0.15) is 79.1 Å². The smallest absolute Gasteiger partial charge is 0.244 e. The summed E-state index contributed by atoms with van der Waals surface area (Å²) in [5.41, 5.74) is 0.368. The van der Waals surface area contributed by atoms with Gasteiger partial charge >= 0.3 is 0 Å². The van der Waals surface area contributed by atoms with Crippen LogP contribution in [0.5, 0.6) is 0 Å². The molecule has 0 radical (unpaired) electrons. The molecule has 3 saturated heterocycles. The van der Waals surface area contributed by atoms with Crippen molar-refractivity contribution in [1.82, 2.24) is 5.32 Å². The maximum Gasteiger partial charge on any atom is 0.244 e. The number of rotatable bonds is 13. The highest BCUT2D eigenvalue weighted by molar-refractivity contribution is 5.94. The molecule has 3 heterocycles. The largest absolute Gasteiger partial charge is 0.358 e. The summed E-state index contributed by atoms with van der Waals surface area (Å²) in [6, 6.07) is -0.321. The number of hydrogen-bond acceptors (Lipinski definition) is 6. The van der Waals surface area contributed by atoms with Crippen LogP contribution in [0, 0.1) is 5.92 Å². The predicted molar refractivity (Wildman–Crippen MR) is 128 cm³/mol. The van der Waals surface area contributed by atoms with Crippen molar-refractivity contribution in [2.24, 2.45) is 5.92 Å². The van der Waals surface area contributed by atoms with Gasteiger partial charge in [0.05, 0.1) is 6.04 Å². The zero-order chi connectivity index (χ0) is 24.3. The fraction of sp³-hybridized carbons (Fsp3) is 0.778. The number of ether oxygens (including phenoxy) is 4. The first-order chi connectivity index (χ1) is 16.4. The summed E-state index contributed by atoms with van der Waals surface area (Å²) in [4.78, 5) is 25.0. The van der Waals surface area contributed by atoms with Crippen LogP contribution >= 0.6 is 0 Å². The summed E-state index contributed by atoms with van der Waals surface area (Å²) in [6.07, 6.45) is 12.3. The highest BCUT2D eigenvalue weighted by Crippen LogP contribution is 2.57. The highest BCUT2D eigenvalue weighted by atomic mass is 16.7. The van der Waals surface area contributed by atoms with Gasteiger partial charge in [-0.05, 0) is 25.7 Å². The van der Waals surface area contributed by atoms with Crippen molar-refractivity contribution in [2.75, 3.05) is 6.61 Å². The third-order valence-corrected chi connectivity index (χ3v) is 7.38. The summed E-state index contributed by atoms with van der Waals surface area (Å²) in [6.45, 7) is 9.14. The molecule has 3 aliphatic heterocycles. The summed E-state index contributed by atoms with van der Waals surface area (Å²) in [7, 11) is 0. The third kappa shape index (κ3) is 5.64. The Labute approximate surface area is 203 Å². The number of nitrogens with one attached hydrogen (secondary N) is 1. The average molecular weight is 476 g/mol. The number of unbranched alkanes of at least 4 members (excludes halogenated alkanes) is 4. The van der Waals surface area contributed by atoms with Crippen LogP contribution < -0.4 is 5.32 Å². The molecule has 1 aliphatic carbocycles. The maximum absolute atomic E-state index is 12.8. The standard InChI is InChI=1S/C27H41NO6/c1-5-7-9-10-11-17(3)15-18(4)12-13-20(29)28-19-16-27(34-26(19)31-14-8-6-2)24-22(32-24)21(30)23-25(27)33-23/h12-13,15,17,19,22-26H,5-11,14,16H2,1-4H3,(H,28,29)/b13-12+,18-15+. The van der Waals surface area contributed by atoms with Gasteiger partial charge in [0.25, 0.3) is 0 Å². The Balaban J connectivity index is 1.33. The molecule has 7 heteroatoms. The topological polar surface area (TPSA) is 89.7 Å². The second-order valence-corrected chi connectivity index (χ2v) is 10.4. The molecule has 1 amide bonds. The second kappa shape index (κ2) is 11.0. The minimum atomic E-state index is -0.717. The molecule has 34 heavy (non-hydrogen) atoms. The molecule has 7 atom stereocenters. The first-order valence-electron chi connectivity index (χ1n) is 13.2. The molecule has 4 aliphatic rings. The van der Waals surface area contributed by atoms with E-state index in [2.05, 4.69) is 32.2 Å². The number of carbonyl (C=O) groups excluding carboxylic acids is 2. The Bertz CT molecular complexity index is 787. The molecule has 190 valence electrons. The van der Waals surface area contributed by atoms with E-state index in [1.807, 2.05) is 13.0 Å². The van der Waals surface area contributed by atoms with Crippen LogP contribution in [-0.2, 0) is 28.5 Å². The molecule has 0 bridgehead atoms. The first kappa shape index (κ1) is 25.5. The van der Waals surface area contributed by atoms with Crippen molar-refractivity contribution in [3.05, 3.63) is 23.8 Å². The van der Waals surface area contributed by atoms with Gasteiger partial charge in [-0.15, -0.1) is 0 Å². The van der Waals surface area contributed by atoms with Crippen molar-refractivity contribution in [3.8, 4) is 0 Å². The molecule has 4 fully saturated rings. The van der Waals surface area contributed by atoms with E-state index in [0.717, 1.165) is 18.4 Å². The van der Waals surface area contributed by atoms with Gasteiger partial charge in [-0.1, -0.05) is 70.6 Å². The lowest BCUT2D eigenvalue weighted by molar-refractivity contribution is -0.186. The molecule has 0 aromatic heterocycles. The molecule has 7 unspecified atom stereocenters. The number of amides is 1. The lowest BCUT2D eigenvalue weighted by Gasteiger charge is -2.27.